The van der Waals surface area contributed by atoms with E-state index in [2.05, 4.69) is 15.0 Å². The molecule has 2 bridgehead atoms. The van der Waals surface area contributed by atoms with E-state index in [1.54, 1.807) is 6.07 Å². The van der Waals surface area contributed by atoms with Gasteiger partial charge in [-0.1, -0.05) is 16.3 Å². The lowest BCUT2D eigenvalue weighted by Gasteiger charge is -2.25. The molecule has 1 heterocycles. The highest BCUT2D eigenvalue weighted by Gasteiger charge is 2.57. The van der Waals surface area contributed by atoms with Gasteiger partial charge in [0.25, 0.3) is 0 Å². The molecule has 3 rings (SSSR count). The van der Waals surface area contributed by atoms with E-state index in [1.165, 1.54) is 11.8 Å². The van der Waals surface area contributed by atoms with Gasteiger partial charge in [0.15, 0.2) is 5.82 Å². The van der Waals surface area contributed by atoms with Crippen LogP contribution in [0.1, 0.15) is 26.7 Å². The van der Waals surface area contributed by atoms with Gasteiger partial charge in [-0.2, -0.15) is 0 Å². The summed E-state index contributed by atoms with van der Waals surface area (Å²) in [6, 6.07) is 1.54. The van der Waals surface area contributed by atoms with Gasteiger partial charge in [0, 0.05) is 6.07 Å². The summed E-state index contributed by atoms with van der Waals surface area (Å²) < 4.78 is 4.68. The Kier molecular flexibility index (Phi) is 3.31. The molecule has 112 valence electrons. The molecular formula is C15H18N2O4. The number of aliphatic carboxylic acids is 1. The molecule has 0 aliphatic heterocycles. The lowest BCUT2D eigenvalue weighted by molar-refractivity contribution is -0.148. The zero-order valence-electron chi connectivity index (χ0n) is 12.0. The summed E-state index contributed by atoms with van der Waals surface area (Å²) in [6.07, 6.45) is 3.11. The molecule has 0 aromatic carbocycles. The molecule has 0 unspecified atom stereocenters. The van der Waals surface area contributed by atoms with Gasteiger partial charge in [0.1, 0.15) is 6.26 Å². The first-order chi connectivity index (χ1) is 10.0. The van der Waals surface area contributed by atoms with Crippen molar-refractivity contribution in [3.8, 4) is 0 Å². The number of carboxylic acids is 1. The van der Waals surface area contributed by atoms with E-state index in [9.17, 15) is 14.7 Å². The van der Waals surface area contributed by atoms with Crippen LogP contribution in [0, 0.1) is 23.7 Å². The largest absolute Gasteiger partial charge is 0.481 e. The van der Waals surface area contributed by atoms with Crippen LogP contribution in [0.15, 0.2) is 28.0 Å². The quantitative estimate of drug-likeness (QED) is 0.833. The Balaban J connectivity index is 1.91. The molecule has 2 saturated carbocycles. The maximum atomic E-state index is 12.5. The summed E-state index contributed by atoms with van der Waals surface area (Å²) in [6.45, 7) is 3.99. The Morgan fingerprint density at radius 2 is 1.95 bits per heavy atom. The standard InChI is InChI=1S/C15H18N2O4/c1-7(2)11-8-3-4-9(11)13(15(19)20)12(8)14(18)16-10-5-6-21-17-10/h5-6,8-9,12-13H,3-4H2,1-2H3,(H,19,20)(H,16,17,18)/t8-,9-,12-,13-/m1/s1. The van der Waals surface area contributed by atoms with Crippen molar-refractivity contribution in [3.63, 3.8) is 0 Å². The van der Waals surface area contributed by atoms with Crippen molar-refractivity contribution in [2.75, 3.05) is 5.32 Å². The molecule has 1 amide bonds. The van der Waals surface area contributed by atoms with Crippen molar-refractivity contribution in [1.29, 1.82) is 0 Å². The average Bonchev–Trinajstić information content (AvgIpc) is 3.11. The van der Waals surface area contributed by atoms with E-state index in [4.69, 9.17) is 0 Å². The van der Waals surface area contributed by atoms with E-state index in [1.807, 2.05) is 13.8 Å². The number of amides is 1. The molecule has 6 heteroatoms. The fraction of sp³-hybridized carbons (Fsp3) is 0.533. The molecule has 0 radical (unpaired) electrons. The predicted molar refractivity (Wildman–Crippen MR) is 74.3 cm³/mol. The molecule has 21 heavy (non-hydrogen) atoms. The first kappa shape index (κ1) is 13.9. The Hall–Kier alpha value is -2.11. The van der Waals surface area contributed by atoms with Crippen molar-refractivity contribution in [2.45, 2.75) is 26.7 Å². The fourth-order valence-corrected chi connectivity index (χ4v) is 4.09. The van der Waals surface area contributed by atoms with Crippen molar-refractivity contribution in [3.05, 3.63) is 23.5 Å². The highest BCUT2D eigenvalue weighted by Crippen LogP contribution is 2.57. The van der Waals surface area contributed by atoms with E-state index < -0.39 is 17.8 Å². The van der Waals surface area contributed by atoms with Gasteiger partial charge in [0.05, 0.1) is 11.8 Å². The second-order valence-electron chi connectivity index (χ2n) is 6.01. The Morgan fingerprint density at radius 1 is 1.29 bits per heavy atom. The number of rotatable bonds is 3. The van der Waals surface area contributed by atoms with Gasteiger partial charge >= 0.3 is 5.97 Å². The number of hydrogen-bond acceptors (Lipinski definition) is 4. The zero-order valence-corrected chi connectivity index (χ0v) is 12.0. The summed E-state index contributed by atoms with van der Waals surface area (Å²) in [7, 11) is 0. The lowest BCUT2D eigenvalue weighted by Crippen LogP contribution is -2.37. The number of allylic oxidation sites excluding steroid dienone is 2. The van der Waals surface area contributed by atoms with Crippen molar-refractivity contribution in [2.24, 2.45) is 23.7 Å². The van der Waals surface area contributed by atoms with Crippen LogP contribution in [0.3, 0.4) is 0 Å². The molecule has 1 aromatic rings. The number of nitrogens with zero attached hydrogens (tertiary/aromatic N) is 1. The lowest BCUT2D eigenvalue weighted by atomic mass is 9.79. The van der Waals surface area contributed by atoms with Crippen LogP contribution >= 0.6 is 0 Å². The molecule has 2 aliphatic rings. The molecule has 2 N–H and O–H groups in total. The number of nitrogens with one attached hydrogen (secondary N) is 1. The second kappa shape index (κ2) is 5.02. The second-order valence-corrected chi connectivity index (χ2v) is 6.01. The van der Waals surface area contributed by atoms with Crippen LogP contribution in [0.2, 0.25) is 0 Å². The monoisotopic (exact) mass is 290 g/mol. The van der Waals surface area contributed by atoms with Crippen LogP contribution in [-0.2, 0) is 9.59 Å². The van der Waals surface area contributed by atoms with Gasteiger partial charge in [-0.15, -0.1) is 0 Å². The summed E-state index contributed by atoms with van der Waals surface area (Å²) in [5.41, 5.74) is 2.31. The number of carbonyl (C=O) groups is 2. The molecule has 6 nitrogen and oxygen atoms in total. The zero-order chi connectivity index (χ0) is 15.1. The number of fused-ring (bicyclic) bond motifs is 2. The van der Waals surface area contributed by atoms with Crippen LogP contribution in [0.4, 0.5) is 5.82 Å². The van der Waals surface area contributed by atoms with Gasteiger partial charge in [-0.25, -0.2) is 0 Å². The van der Waals surface area contributed by atoms with Gasteiger partial charge in [-0.05, 0) is 38.5 Å². The average molecular weight is 290 g/mol. The van der Waals surface area contributed by atoms with Crippen molar-refractivity contribution in [1.82, 2.24) is 5.16 Å². The Morgan fingerprint density at radius 3 is 2.48 bits per heavy atom. The van der Waals surface area contributed by atoms with Crippen LogP contribution < -0.4 is 5.32 Å². The molecular weight excluding hydrogens is 272 g/mol. The van der Waals surface area contributed by atoms with E-state index >= 15 is 0 Å². The van der Waals surface area contributed by atoms with Crippen LogP contribution in [-0.4, -0.2) is 22.1 Å². The van der Waals surface area contributed by atoms with Gasteiger partial charge in [-0.3, -0.25) is 9.59 Å². The Bertz CT molecular complexity index is 601. The summed E-state index contributed by atoms with van der Waals surface area (Å²) in [5.74, 6) is -1.98. The fourth-order valence-electron chi connectivity index (χ4n) is 4.09. The van der Waals surface area contributed by atoms with E-state index in [-0.39, 0.29) is 17.7 Å². The summed E-state index contributed by atoms with van der Waals surface area (Å²) in [5, 5.41) is 15.9. The molecule has 1 aromatic heterocycles. The van der Waals surface area contributed by atoms with Crippen LogP contribution in [0.25, 0.3) is 0 Å². The SMILES string of the molecule is CC(C)=C1[C@H]2CC[C@H]1[C@@H](C(=O)Nc1ccon1)[C@@H]2C(=O)O. The minimum absolute atomic E-state index is 0.00874. The third-order valence-corrected chi connectivity index (χ3v) is 4.70. The van der Waals surface area contributed by atoms with Gasteiger partial charge < -0.3 is 14.9 Å². The van der Waals surface area contributed by atoms with E-state index in [0.29, 0.717) is 5.82 Å². The highest BCUT2D eigenvalue weighted by molar-refractivity contribution is 5.96. The number of hydrogen-bond donors (Lipinski definition) is 2. The smallest absolute Gasteiger partial charge is 0.307 e. The molecule has 0 spiro atoms. The number of carboxylic acid groups (broad SMARTS) is 1. The molecule has 2 aliphatic carbocycles. The number of carbonyl (C=O) groups excluding carboxylic acids is 1. The first-order valence-electron chi connectivity index (χ1n) is 7.12. The third-order valence-electron chi connectivity index (χ3n) is 4.70. The minimum Gasteiger partial charge on any atom is -0.481 e. The number of aromatic nitrogens is 1. The molecule has 0 saturated heterocycles. The van der Waals surface area contributed by atoms with Crippen molar-refractivity contribution >= 4 is 17.7 Å². The number of anilines is 1. The normalized spacial score (nSPS) is 30.5. The maximum Gasteiger partial charge on any atom is 0.307 e. The topological polar surface area (TPSA) is 92.4 Å². The highest BCUT2D eigenvalue weighted by atomic mass is 16.5. The summed E-state index contributed by atoms with van der Waals surface area (Å²) in [4.78, 5) is 24.1. The van der Waals surface area contributed by atoms with Gasteiger partial charge in [0.2, 0.25) is 5.91 Å². The van der Waals surface area contributed by atoms with Crippen molar-refractivity contribution < 1.29 is 19.2 Å². The Labute approximate surface area is 122 Å². The minimum atomic E-state index is -0.888. The van der Waals surface area contributed by atoms with E-state index in [0.717, 1.165) is 18.4 Å². The molecule has 2 fully saturated rings. The third kappa shape index (κ3) is 2.14. The predicted octanol–water partition coefficient (Wildman–Crippen LogP) is 2.31. The van der Waals surface area contributed by atoms with Crippen LogP contribution in [0.5, 0.6) is 0 Å². The maximum absolute atomic E-state index is 12.5. The first-order valence-corrected chi connectivity index (χ1v) is 7.12. The summed E-state index contributed by atoms with van der Waals surface area (Å²) >= 11 is 0. The molecule has 4 atom stereocenters.